The Hall–Kier alpha value is -1.65. The van der Waals surface area contributed by atoms with Crippen LogP contribution < -0.4 is 5.73 Å². The number of thiophene rings is 1. The topological polar surface area (TPSA) is 52.3 Å². The van der Waals surface area contributed by atoms with E-state index in [9.17, 15) is 4.79 Å². The zero-order chi connectivity index (χ0) is 13.0. The summed E-state index contributed by atoms with van der Waals surface area (Å²) in [5.41, 5.74) is 8.16. The molecule has 18 heavy (non-hydrogen) atoms. The van der Waals surface area contributed by atoms with Gasteiger partial charge >= 0.3 is 5.97 Å². The maximum Gasteiger partial charge on any atom is 0.339 e. The molecule has 0 fully saturated rings. The molecule has 0 aliphatic heterocycles. The third-order valence-electron chi connectivity index (χ3n) is 2.55. The highest BCUT2D eigenvalue weighted by molar-refractivity contribution is 7.14. The van der Waals surface area contributed by atoms with Gasteiger partial charge in [-0.25, -0.2) is 4.79 Å². The second-order valence-electron chi connectivity index (χ2n) is 3.95. The highest BCUT2D eigenvalue weighted by atomic mass is 32.1. The first-order chi connectivity index (χ1) is 8.72. The van der Waals surface area contributed by atoms with Crippen LogP contribution >= 0.6 is 11.3 Å². The monoisotopic (exact) mass is 261 g/mol. The maximum absolute atomic E-state index is 11.9. The number of ether oxygens (including phenoxy) is 1. The van der Waals surface area contributed by atoms with E-state index in [0.29, 0.717) is 12.1 Å². The molecule has 0 unspecified atom stereocenters. The molecule has 0 aliphatic carbocycles. The maximum atomic E-state index is 11.9. The van der Waals surface area contributed by atoms with Crippen molar-refractivity contribution < 1.29 is 9.53 Å². The zero-order valence-electron chi connectivity index (χ0n) is 10.2. The summed E-state index contributed by atoms with van der Waals surface area (Å²) in [4.78, 5) is 12.8. The Morgan fingerprint density at radius 3 is 2.67 bits per heavy atom. The van der Waals surface area contributed by atoms with Crippen molar-refractivity contribution in [2.75, 3.05) is 13.2 Å². The Kier molecular flexibility index (Phi) is 4.12. The number of hydrogen-bond donors (Lipinski definition) is 1. The smallest absolute Gasteiger partial charge is 0.339 e. The van der Waals surface area contributed by atoms with Gasteiger partial charge in [-0.15, -0.1) is 11.3 Å². The van der Waals surface area contributed by atoms with Gasteiger partial charge < -0.3 is 10.5 Å². The number of rotatable bonds is 4. The van der Waals surface area contributed by atoms with E-state index in [1.54, 1.807) is 6.07 Å². The molecular weight excluding hydrogens is 246 g/mol. The number of benzene rings is 1. The SMILES string of the molecule is Cc1ccc(-c2sccc2C(=O)OCCN)cc1. The Labute approximate surface area is 110 Å². The van der Waals surface area contributed by atoms with E-state index in [4.69, 9.17) is 10.5 Å². The summed E-state index contributed by atoms with van der Waals surface area (Å²) in [6, 6.07) is 9.88. The van der Waals surface area contributed by atoms with Gasteiger partial charge in [0.15, 0.2) is 0 Å². The first kappa shape index (κ1) is 12.8. The first-order valence-corrected chi connectivity index (χ1v) is 6.62. The Bertz CT molecular complexity index is 531. The normalized spacial score (nSPS) is 10.3. The molecule has 1 aromatic heterocycles. The van der Waals surface area contributed by atoms with Gasteiger partial charge in [-0.3, -0.25) is 0 Å². The van der Waals surface area contributed by atoms with Crippen LogP contribution in [0, 0.1) is 6.92 Å². The van der Waals surface area contributed by atoms with Gasteiger partial charge in [-0.2, -0.15) is 0 Å². The van der Waals surface area contributed by atoms with Crippen LogP contribution in [0.25, 0.3) is 10.4 Å². The first-order valence-electron chi connectivity index (χ1n) is 5.74. The fourth-order valence-corrected chi connectivity index (χ4v) is 2.52. The Morgan fingerprint density at radius 1 is 1.28 bits per heavy atom. The zero-order valence-corrected chi connectivity index (χ0v) is 11.0. The minimum absolute atomic E-state index is 0.252. The second-order valence-corrected chi connectivity index (χ2v) is 4.87. The van der Waals surface area contributed by atoms with Crippen LogP contribution in [0.2, 0.25) is 0 Å². The third kappa shape index (κ3) is 2.78. The summed E-state index contributed by atoms with van der Waals surface area (Å²) < 4.78 is 5.06. The Morgan fingerprint density at radius 2 is 2.00 bits per heavy atom. The lowest BCUT2D eigenvalue weighted by Gasteiger charge is -2.05. The van der Waals surface area contributed by atoms with Crippen molar-refractivity contribution in [3.05, 3.63) is 46.8 Å². The van der Waals surface area contributed by atoms with Crippen molar-refractivity contribution in [1.29, 1.82) is 0 Å². The van der Waals surface area contributed by atoms with Crippen LogP contribution in [-0.4, -0.2) is 19.1 Å². The summed E-state index contributed by atoms with van der Waals surface area (Å²) in [7, 11) is 0. The van der Waals surface area contributed by atoms with E-state index >= 15 is 0 Å². The van der Waals surface area contributed by atoms with Crippen LogP contribution in [0.3, 0.4) is 0 Å². The van der Waals surface area contributed by atoms with Crippen molar-refractivity contribution in [2.24, 2.45) is 5.73 Å². The molecule has 2 N–H and O–H groups in total. The molecule has 0 bridgehead atoms. The van der Waals surface area contributed by atoms with Gasteiger partial charge in [0.25, 0.3) is 0 Å². The molecule has 0 aliphatic rings. The molecule has 94 valence electrons. The van der Waals surface area contributed by atoms with Crippen LogP contribution in [0.4, 0.5) is 0 Å². The number of esters is 1. The molecule has 0 amide bonds. The lowest BCUT2D eigenvalue weighted by molar-refractivity contribution is 0.0518. The van der Waals surface area contributed by atoms with E-state index in [2.05, 4.69) is 0 Å². The van der Waals surface area contributed by atoms with Crippen LogP contribution in [0.15, 0.2) is 35.7 Å². The average Bonchev–Trinajstić information content (AvgIpc) is 2.86. The summed E-state index contributed by atoms with van der Waals surface area (Å²) in [5.74, 6) is -0.308. The van der Waals surface area contributed by atoms with Crippen LogP contribution in [-0.2, 0) is 4.74 Å². The van der Waals surface area contributed by atoms with Crippen molar-refractivity contribution in [1.82, 2.24) is 0 Å². The highest BCUT2D eigenvalue weighted by Gasteiger charge is 2.15. The largest absolute Gasteiger partial charge is 0.461 e. The molecular formula is C14H15NO2S. The third-order valence-corrected chi connectivity index (χ3v) is 3.51. The van der Waals surface area contributed by atoms with Gasteiger partial charge in [-0.05, 0) is 23.9 Å². The van der Waals surface area contributed by atoms with E-state index in [0.717, 1.165) is 10.4 Å². The van der Waals surface area contributed by atoms with Crippen molar-refractivity contribution in [2.45, 2.75) is 6.92 Å². The number of carbonyl (C=O) groups is 1. The molecule has 0 saturated heterocycles. The average molecular weight is 261 g/mol. The fraction of sp³-hybridized carbons (Fsp3) is 0.214. The molecule has 4 heteroatoms. The van der Waals surface area contributed by atoms with Crippen molar-refractivity contribution in [3.8, 4) is 10.4 Å². The van der Waals surface area contributed by atoms with E-state index < -0.39 is 0 Å². The molecule has 1 heterocycles. The molecule has 1 aromatic carbocycles. The second kappa shape index (κ2) is 5.80. The van der Waals surface area contributed by atoms with Crippen LogP contribution in [0.1, 0.15) is 15.9 Å². The molecule has 0 radical (unpaired) electrons. The number of hydrogen-bond acceptors (Lipinski definition) is 4. The van der Waals surface area contributed by atoms with E-state index in [-0.39, 0.29) is 12.6 Å². The van der Waals surface area contributed by atoms with Gasteiger partial charge in [0, 0.05) is 11.4 Å². The number of aryl methyl sites for hydroxylation is 1. The van der Waals surface area contributed by atoms with Crippen LogP contribution in [0.5, 0.6) is 0 Å². The Balaban J connectivity index is 2.27. The van der Waals surface area contributed by atoms with Gasteiger partial charge in [0.05, 0.1) is 5.56 Å². The van der Waals surface area contributed by atoms with E-state index in [1.165, 1.54) is 16.9 Å². The molecule has 0 atom stereocenters. The predicted molar refractivity (Wildman–Crippen MR) is 73.8 cm³/mol. The lowest BCUT2D eigenvalue weighted by atomic mass is 10.1. The van der Waals surface area contributed by atoms with Crippen molar-refractivity contribution in [3.63, 3.8) is 0 Å². The minimum Gasteiger partial charge on any atom is -0.461 e. The molecule has 0 spiro atoms. The minimum atomic E-state index is -0.308. The number of carbonyl (C=O) groups excluding carboxylic acids is 1. The molecule has 2 aromatic rings. The van der Waals surface area contributed by atoms with E-state index in [1.807, 2.05) is 36.6 Å². The number of nitrogens with two attached hydrogens (primary N) is 1. The summed E-state index contributed by atoms with van der Waals surface area (Å²) in [6.07, 6.45) is 0. The molecule has 0 saturated carbocycles. The lowest BCUT2D eigenvalue weighted by Crippen LogP contribution is -2.13. The van der Waals surface area contributed by atoms with Crippen molar-refractivity contribution >= 4 is 17.3 Å². The highest BCUT2D eigenvalue weighted by Crippen LogP contribution is 2.30. The fourth-order valence-electron chi connectivity index (χ4n) is 1.63. The summed E-state index contributed by atoms with van der Waals surface area (Å²) >= 11 is 1.54. The standard InChI is InChI=1S/C14H15NO2S/c1-10-2-4-11(5-3-10)13-12(6-9-18-13)14(16)17-8-7-15/h2-6,9H,7-8,15H2,1H3. The quantitative estimate of drug-likeness (QED) is 0.861. The predicted octanol–water partition coefficient (Wildman–Crippen LogP) is 2.84. The molecule has 2 rings (SSSR count). The van der Waals surface area contributed by atoms with Gasteiger partial charge in [0.1, 0.15) is 6.61 Å². The summed E-state index contributed by atoms with van der Waals surface area (Å²) in [6.45, 7) is 2.63. The summed E-state index contributed by atoms with van der Waals surface area (Å²) in [5, 5.41) is 1.90. The van der Waals surface area contributed by atoms with Gasteiger partial charge in [-0.1, -0.05) is 29.8 Å². The van der Waals surface area contributed by atoms with Gasteiger partial charge in [0.2, 0.25) is 0 Å². The molecule has 3 nitrogen and oxygen atoms in total.